The average molecular weight is 224 g/mol. The minimum Gasteiger partial charge on any atom is -0.508 e. The molecule has 0 radical (unpaired) electrons. The zero-order valence-electron chi connectivity index (χ0n) is 9.84. The lowest BCUT2D eigenvalue weighted by atomic mass is 10.1. The fourth-order valence-corrected chi connectivity index (χ4v) is 2.81. The first-order valence-corrected chi connectivity index (χ1v) is 6.56. The second-order valence-corrected chi connectivity index (χ2v) is 5.07. The molecule has 0 aliphatic rings. The van der Waals surface area contributed by atoms with Gasteiger partial charge in [-0.3, -0.25) is 0 Å². The molecule has 1 aromatic carbocycles. The van der Waals surface area contributed by atoms with E-state index in [0.717, 1.165) is 0 Å². The van der Waals surface area contributed by atoms with Crippen LogP contribution in [0.15, 0.2) is 17.0 Å². The first-order chi connectivity index (χ1) is 7.15. The molecule has 0 amide bonds. The molecule has 0 atom stereocenters. The Morgan fingerprint density at radius 2 is 1.73 bits per heavy atom. The molecule has 1 N–H and O–H groups in total. The molecule has 0 unspecified atom stereocenters. The fourth-order valence-electron chi connectivity index (χ4n) is 1.68. The predicted octanol–water partition coefficient (Wildman–Crippen LogP) is 4.29. The van der Waals surface area contributed by atoms with Crippen molar-refractivity contribution in [2.75, 3.05) is 5.75 Å². The summed E-state index contributed by atoms with van der Waals surface area (Å²) < 4.78 is 0. The molecule has 0 fully saturated rings. The highest BCUT2D eigenvalue weighted by molar-refractivity contribution is 7.99. The van der Waals surface area contributed by atoms with Gasteiger partial charge in [0.2, 0.25) is 0 Å². The fraction of sp³-hybridized carbons (Fsp3) is 0.538. The molecule has 0 heterocycles. The number of benzene rings is 1. The number of hydrogen-bond donors (Lipinski definition) is 1. The van der Waals surface area contributed by atoms with Crippen LogP contribution in [-0.2, 0) is 0 Å². The molecule has 0 aromatic heterocycles. The molecule has 1 nitrogen and oxygen atoms in total. The highest BCUT2D eigenvalue weighted by Crippen LogP contribution is 2.30. The van der Waals surface area contributed by atoms with Crippen molar-refractivity contribution in [2.45, 2.75) is 44.9 Å². The molecule has 84 valence electrons. The van der Waals surface area contributed by atoms with Gasteiger partial charge < -0.3 is 5.11 Å². The summed E-state index contributed by atoms with van der Waals surface area (Å²) in [4.78, 5) is 1.34. The van der Waals surface area contributed by atoms with E-state index >= 15 is 0 Å². The van der Waals surface area contributed by atoms with Crippen LogP contribution in [0, 0.1) is 13.8 Å². The summed E-state index contributed by atoms with van der Waals surface area (Å²) in [6.07, 6.45) is 3.86. The lowest BCUT2D eigenvalue weighted by molar-refractivity contribution is 0.474. The van der Waals surface area contributed by atoms with Gasteiger partial charge in [0.05, 0.1) is 0 Å². The number of aromatic hydroxyl groups is 1. The Bertz CT molecular complexity index is 297. The normalized spacial score (nSPS) is 10.6. The smallest absolute Gasteiger partial charge is 0.116 e. The maximum Gasteiger partial charge on any atom is 0.116 e. The van der Waals surface area contributed by atoms with E-state index < -0.39 is 0 Å². The summed E-state index contributed by atoms with van der Waals surface area (Å²) in [5.41, 5.74) is 2.38. The molecule has 2 heteroatoms. The minimum absolute atomic E-state index is 0.378. The van der Waals surface area contributed by atoms with Crippen LogP contribution < -0.4 is 0 Å². The Morgan fingerprint density at radius 3 is 2.27 bits per heavy atom. The summed E-state index contributed by atoms with van der Waals surface area (Å²) >= 11 is 1.91. The molecule has 0 saturated carbocycles. The molecule has 0 aliphatic carbocycles. The molecule has 1 rings (SSSR count). The topological polar surface area (TPSA) is 20.2 Å². The van der Waals surface area contributed by atoms with Crippen molar-refractivity contribution >= 4 is 11.8 Å². The Kier molecular flexibility index (Phi) is 5.03. The van der Waals surface area contributed by atoms with Crippen LogP contribution in [0.1, 0.15) is 37.3 Å². The molecule has 0 saturated heterocycles. The van der Waals surface area contributed by atoms with Crippen LogP contribution in [0.5, 0.6) is 5.75 Å². The Labute approximate surface area is 96.9 Å². The second-order valence-electron chi connectivity index (χ2n) is 3.96. The van der Waals surface area contributed by atoms with Crippen LogP contribution in [0.2, 0.25) is 0 Å². The van der Waals surface area contributed by atoms with Crippen LogP contribution in [0.25, 0.3) is 0 Å². The van der Waals surface area contributed by atoms with E-state index in [1.807, 2.05) is 23.9 Å². The predicted molar refractivity (Wildman–Crippen MR) is 67.8 cm³/mol. The van der Waals surface area contributed by atoms with Gasteiger partial charge >= 0.3 is 0 Å². The van der Waals surface area contributed by atoms with Crippen molar-refractivity contribution in [3.05, 3.63) is 23.3 Å². The summed E-state index contributed by atoms with van der Waals surface area (Å²) in [7, 11) is 0. The highest BCUT2D eigenvalue weighted by Gasteiger charge is 2.04. The molecule has 0 aliphatic heterocycles. The van der Waals surface area contributed by atoms with Crippen molar-refractivity contribution in [1.29, 1.82) is 0 Å². The van der Waals surface area contributed by atoms with Crippen molar-refractivity contribution in [3.63, 3.8) is 0 Å². The molecular formula is C13H20OS. The highest BCUT2D eigenvalue weighted by atomic mass is 32.2. The van der Waals surface area contributed by atoms with Crippen molar-refractivity contribution in [2.24, 2.45) is 0 Å². The summed E-state index contributed by atoms with van der Waals surface area (Å²) in [5.74, 6) is 1.56. The average Bonchev–Trinajstić information content (AvgIpc) is 2.15. The lowest BCUT2D eigenvalue weighted by Crippen LogP contribution is -1.87. The molecule has 15 heavy (non-hydrogen) atoms. The van der Waals surface area contributed by atoms with Crippen LogP contribution >= 0.6 is 11.8 Å². The monoisotopic (exact) mass is 224 g/mol. The van der Waals surface area contributed by atoms with Gasteiger partial charge in [0.15, 0.2) is 0 Å². The maximum absolute atomic E-state index is 9.42. The number of thioether (sulfide) groups is 1. The quantitative estimate of drug-likeness (QED) is 0.594. The molecular weight excluding hydrogens is 204 g/mol. The number of phenolic OH excluding ortho intramolecular Hbond substituents is 1. The summed E-state index contributed by atoms with van der Waals surface area (Å²) in [6.45, 7) is 6.35. The van der Waals surface area contributed by atoms with Gasteiger partial charge in [-0.1, -0.05) is 19.8 Å². The third-order valence-electron chi connectivity index (χ3n) is 2.44. The van der Waals surface area contributed by atoms with Gasteiger partial charge in [-0.2, -0.15) is 0 Å². The second kappa shape index (κ2) is 6.06. The van der Waals surface area contributed by atoms with Gasteiger partial charge in [0.25, 0.3) is 0 Å². The first-order valence-electron chi connectivity index (χ1n) is 5.58. The van der Waals surface area contributed by atoms with E-state index in [-0.39, 0.29) is 0 Å². The van der Waals surface area contributed by atoms with Crippen LogP contribution in [-0.4, -0.2) is 10.9 Å². The number of unbranched alkanes of at least 4 members (excludes halogenated alkanes) is 2. The molecule has 0 spiro atoms. The van der Waals surface area contributed by atoms with Gasteiger partial charge in [-0.05, 0) is 49.3 Å². The van der Waals surface area contributed by atoms with Crippen molar-refractivity contribution in [1.82, 2.24) is 0 Å². The van der Waals surface area contributed by atoms with Crippen molar-refractivity contribution in [3.8, 4) is 5.75 Å². The molecule has 1 aromatic rings. The van der Waals surface area contributed by atoms with Gasteiger partial charge in [0.1, 0.15) is 5.75 Å². The number of hydrogen-bond acceptors (Lipinski definition) is 2. The number of phenols is 1. The Balaban J connectivity index is 2.60. The van der Waals surface area contributed by atoms with E-state index in [4.69, 9.17) is 0 Å². The number of rotatable bonds is 5. The number of aryl methyl sites for hydroxylation is 2. The van der Waals surface area contributed by atoms with E-state index in [2.05, 4.69) is 20.8 Å². The minimum atomic E-state index is 0.378. The molecule has 0 bridgehead atoms. The Morgan fingerprint density at radius 1 is 1.13 bits per heavy atom. The summed E-state index contributed by atoms with van der Waals surface area (Å²) in [5, 5.41) is 9.42. The largest absolute Gasteiger partial charge is 0.508 e. The third-order valence-corrected chi connectivity index (χ3v) is 3.86. The van der Waals surface area contributed by atoms with E-state index in [1.54, 1.807) is 0 Å². The van der Waals surface area contributed by atoms with Gasteiger partial charge in [-0.15, -0.1) is 11.8 Å². The SMILES string of the molecule is CCCCCSc1c(C)cc(O)cc1C. The van der Waals surface area contributed by atoms with Crippen molar-refractivity contribution < 1.29 is 5.11 Å². The van der Waals surface area contributed by atoms with E-state index in [1.165, 1.54) is 41.0 Å². The van der Waals surface area contributed by atoms with E-state index in [0.29, 0.717) is 5.75 Å². The Hall–Kier alpha value is -0.630. The van der Waals surface area contributed by atoms with Crippen LogP contribution in [0.4, 0.5) is 0 Å². The lowest BCUT2D eigenvalue weighted by Gasteiger charge is -2.09. The van der Waals surface area contributed by atoms with Gasteiger partial charge in [-0.25, -0.2) is 0 Å². The van der Waals surface area contributed by atoms with Gasteiger partial charge in [0, 0.05) is 4.90 Å². The standard InChI is InChI=1S/C13H20OS/c1-4-5-6-7-15-13-10(2)8-12(14)9-11(13)3/h8-9,14H,4-7H2,1-3H3. The van der Waals surface area contributed by atoms with E-state index in [9.17, 15) is 5.11 Å². The summed E-state index contributed by atoms with van der Waals surface area (Å²) in [6, 6.07) is 3.68. The zero-order chi connectivity index (χ0) is 11.3. The van der Waals surface area contributed by atoms with Crippen LogP contribution in [0.3, 0.4) is 0 Å². The zero-order valence-corrected chi connectivity index (χ0v) is 10.7. The third kappa shape index (κ3) is 3.78. The first kappa shape index (κ1) is 12.4. The maximum atomic E-state index is 9.42.